The number of rotatable bonds is 15. The van der Waals surface area contributed by atoms with Crippen molar-refractivity contribution in [3.63, 3.8) is 0 Å². The molecule has 6 rings (SSSR count). The molecule has 0 fully saturated rings. The third-order valence-electron chi connectivity index (χ3n) is 8.54. The first-order valence-electron chi connectivity index (χ1n) is 17.7. The van der Waals surface area contributed by atoms with Gasteiger partial charge in [0.05, 0.1) is 56.6 Å². The van der Waals surface area contributed by atoms with Gasteiger partial charge in [0.25, 0.3) is 10.1 Å². The fourth-order valence-electron chi connectivity index (χ4n) is 5.38. The van der Waals surface area contributed by atoms with Gasteiger partial charge in [0.2, 0.25) is 12.3 Å². The summed E-state index contributed by atoms with van der Waals surface area (Å²) in [4.78, 5) is 21.7. The number of nitrogens with zero attached hydrogens (tertiary/aromatic N) is 8. The van der Waals surface area contributed by atoms with E-state index in [2.05, 4.69) is 40.9 Å². The number of carboxylic acid groups (broad SMARTS) is 2. The van der Waals surface area contributed by atoms with Gasteiger partial charge in [-0.1, -0.05) is 18.2 Å². The normalized spacial score (nSPS) is 12.1. The monoisotopic (exact) mass is 856 g/mol. The molecular weight excluding hydrogens is 825 g/mol. The topological polar surface area (TPSA) is 257 Å². The minimum Gasteiger partial charge on any atom is -0.478 e. The van der Waals surface area contributed by atoms with Gasteiger partial charge < -0.3 is 14.4 Å². The fourth-order valence-corrected chi connectivity index (χ4v) is 6.31. The van der Waals surface area contributed by atoms with Gasteiger partial charge in [-0.2, -0.15) is 49.3 Å². The molecule has 0 spiro atoms. The summed E-state index contributed by atoms with van der Waals surface area (Å²) in [5.41, 5.74) is 5.87. The van der Waals surface area contributed by atoms with E-state index >= 15 is 0 Å². The summed E-state index contributed by atoms with van der Waals surface area (Å²) in [6.07, 6.45) is 2.97. The Morgan fingerprint density at radius 3 is 1.33 bits per heavy atom. The van der Waals surface area contributed by atoms with Crippen molar-refractivity contribution in [2.45, 2.75) is 18.7 Å². The number of aromatic carboxylic acids is 2. The molecule has 306 valence electrons. The van der Waals surface area contributed by atoms with Crippen LogP contribution in [0, 0.1) is 13.8 Å². The highest BCUT2D eigenvalue weighted by Crippen LogP contribution is 2.33. The molecule has 0 aliphatic carbocycles. The Bertz CT molecular complexity index is 2880. The number of benzene rings is 6. The van der Waals surface area contributed by atoms with E-state index in [0.29, 0.717) is 50.9 Å². The molecule has 0 aliphatic heterocycles. The molecule has 0 bridgehead atoms. The number of hydrogen-bond acceptors (Lipinski definition) is 15. The van der Waals surface area contributed by atoms with E-state index in [-0.39, 0.29) is 40.5 Å². The number of aryl methyl sites for hydroxylation is 2. The molecule has 19 heteroatoms. The maximum atomic E-state index is 12.4. The van der Waals surface area contributed by atoms with Crippen LogP contribution in [0.1, 0.15) is 43.0 Å². The quantitative estimate of drug-likeness (QED) is 0.0328. The minimum atomic E-state index is -4.72. The molecule has 6 aromatic rings. The zero-order chi connectivity index (χ0) is 43.5. The molecule has 0 aromatic heterocycles. The van der Waals surface area contributed by atoms with Gasteiger partial charge >= 0.3 is 11.9 Å². The summed E-state index contributed by atoms with van der Waals surface area (Å²) in [6.45, 7) is 3.62. The fraction of sp³-hybridized carbons (Fsp3) is 0.0476. The summed E-state index contributed by atoms with van der Waals surface area (Å²) >= 11 is 0.103. The van der Waals surface area contributed by atoms with Crippen LogP contribution in [-0.4, -0.2) is 39.7 Å². The van der Waals surface area contributed by atoms with Gasteiger partial charge in [-0.3, -0.25) is 9.11 Å². The van der Waals surface area contributed by atoms with E-state index in [1.807, 2.05) is 6.92 Å². The average molecular weight is 857 g/mol. The highest BCUT2D eigenvalue weighted by molar-refractivity contribution is 7.89. The summed E-state index contributed by atoms with van der Waals surface area (Å²) in [6, 6.07) is 31.0. The summed E-state index contributed by atoms with van der Waals surface area (Å²) in [7, 11) is -4.72. The van der Waals surface area contributed by atoms with Gasteiger partial charge in [0, 0.05) is 11.6 Å². The molecule has 61 heavy (non-hydrogen) atoms. The Hall–Kier alpha value is -7.58. The van der Waals surface area contributed by atoms with E-state index in [9.17, 15) is 27.1 Å². The second-order valence-electron chi connectivity index (χ2n) is 12.9. The predicted octanol–water partition coefficient (Wildman–Crippen LogP) is 13.3. The maximum absolute atomic E-state index is 12.4. The van der Waals surface area contributed by atoms with Crippen LogP contribution in [0.2, 0.25) is 0 Å². The van der Waals surface area contributed by atoms with Crippen molar-refractivity contribution in [1.82, 2.24) is 0 Å². The molecule has 0 saturated heterocycles. The lowest BCUT2D eigenvalue weighted by atomic mass is 10.1. The molecule has 0 heterocycles. The first-order valence-corrected chi connectivity index (χ1v) is 19.9. The van der Waals surface area contributed by atoms with Crippen LogP contribution >= 0.6 is 12.3 Å². The lowest BCUT2D eigenvalue weighted by Gasteiger charge is -2.07. The van der Waals surface area contributed by atoms with Crippen LogP contribution in [0.15, 0.2) is 167 Å². The van der Waals surface area contributed by atoms with E-state index in [1.165, 1.54) is 60.7 Å². The highest BCUT2D eigenvalue weighted by Gasteiger charge is 2.16. The van der Waals surface area contributed by atoms with Gasteiger partial charge in [0.15, 0.2) is 0 Å². The number of azo groups is 4. The Kier molecular flexibility index (Phi) is 13.7. The molecular formula is C42H32N8O9S2. The van der Waals surface area contributed by atoms with Crippen molar-refractivity contribution in [3.8, 4) is 5.75 Å². The molecule has 0 amide bonds. The molecule has 17 nitrogen and oxygen atoms in total. The van der Waals surface area contributed by atoms with Gasteiger partial charge in [0.1, 0.15) is 10.6 Å². The number of hydrogen-bond donors (Lipinski definition) is 4. The second kappa shape index (κ2) is 19.4. The van der Waals surface area contributed by atoms with E-state index in [4.69, 9.17) is 14.4 Å². The number of carboxylic acids is 2. The Balaban J connectivity index is 1.14. The van der Waals surface area contributed by atoms with E-state index in [1.54, 1.807) is 79.7 Å². The first-order chi connectivity index (χ1) is 29.2. The molecule has 0 saturated carbocycles. The molecule has 0 radical (unpaired) electrons. The SMILES string of the molecule is Cc1cc(/N=N\c2ccc(/C=C\c3ccc(/N=N\c4ccc(/N=N\c5ccc(C(=O)O)cc5)c(C)c4)cc3S(=O)(=O)O)c(OSO)c2)ccc1/N=N\c1ccc(C(=O)O)cc1. The van der Waals surface area contributed by atoms with Crippen LogP contribution in [-0.2, 0) is 10.1 Å². The van der Waals surface area contributed by atoms with Gasteiger partial charge in [-0.25, -0.2) is 9.59 Å². The van der Waals surface area contributed by atoms with Crippen LogP contribution in [0.5, 0.6) is 5.75 Å². The largest absolute Gasteiger partial charge is 0.478 e. The van der Waals surface area contributed by atoms with Crippen LogP contribution in [0.3, 0.4) is 0 Å². The van der Waals surface area contributed by atoms with Crippen LogP contribution < -0.4 is 4.18 Å². The third-order valence-corrected chi connectivity index (χ3v) is 9.70. The highest BCUT2D eigenvalue weighted by atomic mass is 32.2. The molecule has 6 aromatic carbocycles. The average Bonchev–Trinajstić information content (AvgIpc) is 3.24. The van der Waals surface area contributed by atoms with E-state index in [0.717, 1.165) is 5.56 Å². The van der Waals surface area contributed by atoms with Gasteiger partial charge in [-0.15, -0.1) is 0 Å². The zero-order valence-corrected chi connectivity index (χ0v) is 33.6. The van der Waals surface area contributed by atoms with Crippen LogP contribution in [0.4, 0.5) is 45.5 Å². The molecule has 4 N–H and O–H groups in total. The molecule has 0 unspecified atom stereocenters. The second-order valence-corrected chi connectivity index (χ2v) is 14.6. The molecule has 0 aliphatic rings. The van der Waals surface area contributed by atoms with Crippen molar-refractivity contribution in [3.05, 3.63) is 155 Å². The van der Waals surface area contributed by atoms with E-state index < -0.39 is 27.0 Å². The lowest BCUT2D eigenvalue weighted by Crippen LogP contribution is -2.00. The smallest absolute Gasteiger partial charge is 0.335 e. The molecule has 0 atom stereocenters. The van der Waals surface area contributed by atoms with Gasteiger partial charge in [-0.05, 0) is 140 Å². The lowest BCUT2D eigenvalue weighted by molar-refractivity contribution is 0.0686. The minimum absolute atomic E-state index is 0.103. The first kappa shape index (κ1) is 43.0. The maximum Gasteiger partial charge on any atom is 0.335 e. The van der Waals surface area contributed by atoms with Crippen molar-refractivity contribution in [1.29, 1.82) is 0 Å². The summed E-state index contributed by atoms with van der Waals surface area (Å²) in [5.74, 6) is -1.89. The third kappa shape index (κ3) is 11.8. The summed E-state index contributed by atoms with van der Waals surface area (Å²) < 4.78 is 49.8. The Labute approximate surface area is 352 Å². The Morgan fingerprint density at radius 2 is 0.902 bits per heavy atom. The summed E-state index contributed by atoms with van der Waals surface area (Å²) in [5, 5.41) is 51.8. The standard InChI is InChI=1S/C42H32N8O9S2/c1-25-21-33(17-19-37(25)49-43-31-11-7-29(8-12-31)41(51)52)45-47-35-15-5-27(39(23-35)59-60-55)3-4-28-6-16-36(24-40(28)61(56,57)58)48-46-34-18-20-38(26(2)22-34)50-44-32-13-9-30(10-14-32)42(53)54/h3-24,55H,1-2H3,(H,51,52)(H,53,54)(H,56,57,58)/b4-3-,47-45-,48-46-,49-43-,50-44-. The van der Waals surface area contributed by atoms with Crippen molar-refractivity contribution < 1.29 is 41.5 Å². The van der Waals surface area contributed by atoms with Crippen molar-refractivity contribution in [2.75, 3.05) is 0 Å². The predicted molar refractivity (Wildman–Crippen MR) is 228 cm³/mol. The Morgan fingerprint density at radius 1 is 0.525 bits per heavy atom. The van der Waals surface area contributed by atoms with Crippen molar-refractivity contribution >= 4 is 92.0 Å². The van der Waals surface area contributed by atoms with Crippen LogP contribution in [0.25, 0.3) is 12.2 Å². The van der Waals surface area contributed by atoms with Crippen molar-refractivity contribution in [2.24, 2.45) is 40.9 Å². The number of carbonyl (C=O) groups is 2. The zero-order valence-electron chi connectivity index (χ0n) is 31.9.